The number of ether oxygens (including phenoxy) is 1. The molecule has 0 saturated carbocycles. The Morgan fingerprint density at radius 3 is 2.57 bits per heavy atom. The number of halogens is 2. The van der Waals surface area contributed by atoms with Crippen LogP contribution < -0.4 is 10.1 Å². The fourth-order valence-corrected chi connectivity index (χ4v) is 2.00. The number of benzene rings is 1. The van der Waals surface area contributed by atoms with Gasteiger partial charge in [-0.05, 0) is 29.8 Å². The van der Waals surface area contributed by atoms with Gasteiger partial charge in [-0.25, -0.2) is 19.3 Å². The molecule has 0 atom stereocenters. The molecule has 0 aliphatic rings. The van der Waals surface area contributed by atoms with Crippen molar-refractivity contribution in [3.63, 3.8) is 0 Å². The number of hydrogen-bond donors (Lipinski definition) is 1. The highest BCUT2D eigenvalue weighted by Crippen LogP contribution is 2.20. The number of pyridine rings is 1. The molecule has 23 heavy (non-hydrogen) atoms. The lowest BCUT2D eigenvalue weighted by molar-refractivity contribution is 0.461. The smallest absolute Gasteiger partial charge is 0.219 e. The summed E-state index contributed by atoms with van der Waals surface area (Å²) in [5.74, 6) is 1.21. The van der Waals surface area contributed by atoms with Gasteiger partial charge >= 0.3 is 0 Å². The highest BCUT2D eigenvalue weighted by Gasteiger charge is 2.03. The molecule has 1 N–H and O–H groups in total. The van der Waals surface area contributed by atoms with Crippen molar-refractivity contribution >= 4 is 17.4 Å². The second kappa shape index (κ2) is 7.02. The monoisotopic (exact) mass is 330 g/mol. The van der Waals surface area contributed by atoms with E-state index in [-0.39, 0.29) is 5.82 Å². The number of aromatic nitrogens is 3. The predicted octanol–water partition coefficient (Wildman–Crippen LogP) is 4.07. The predicted molar refractivity (Wildman–Crippen MR) is 85.1 cm³/mol. The van der Waals surface area contributed by atoms with E-state index < -0.39 is 0 Å². The van der Waals surface area contributed by atoms with Crippen molar-refractivity contribution in [2.75, 3.05) is 5.32 Å². The van der Waals surface area contributed by atoms with E-state index in [1.165, 1.54) is 24.7 Å². The molecule has 0 saturated heterocycles. The summed E-state index contributed by atoms with van der Waals surface area (Å²) >= 11 is 5.97. The molecule has 2 aromatic heterocycles. The van der Waals surface area contributed by atoms with Gasteiger partial charge in [0.05, 0.1) is 6.20 Å². The van der Waals surface area contributed by atoms with Gasteiger partial charge in [0.15, 0.2) is 0 Å². The van der Waals surface area contributed by atoms with Gasteiger partial charge < -0.3 is 10.1 Å². The Labute approximate surface area is 137 Å². The van der Waals surface area contributed by atoms with Gasteiger partial charge in [0.1, 0.15) is 28.7 Å². The first-order chi connectivity index (χ1) is 11.2. The molecule has 3 rings (SSSR count). The van der Waals surface area contributed by atoms with Crippen molar-refractivity contribution in [2.45, 2.75) is 6.54 Å². The topological polar surface area (TPSA) is 59.9 Å². The summed E-state index contributed by atoms with van der Waals surface area (Å²) in [6, 6.07) is 9.36. The van der Waals surface area contributed by atoms with Crippen LogP contribution in [0.15, 0.2) is 55.1 Å². The van der Waals surface area contributed by atoms with Gasteiger partial charge in [-0.2, -0.15) is 0 Å². The molecule has 0 unspecified atom stereocenters. The number of hydrogen-bond acceptors (Lipinski definition) is 5. The average molecular weight is 331 g/mol. The minimum Gasteiger partial charge on any atom is -0.439 e. The van der Waals surface area contributed by atoms with Crippen molar-refractivity contribution in [1.82, 2.24) is 15.0 Å². The third-order valence-corrected chi connectivity index (χ3v) is 3.24. The third kappa shape index (κ3) is 4.14. The van der Waals surface area contributed by atoms with Crippen molar-refractivity contribution in [2.24, 2.45) is 0 Å². The van der Waals surface area contributed by atoms with Crippen LogP contribution in [0.2, 0.25) is 5.02 Å². The molecule has 7 heteroatoms. The van der Waals surface area contributed by atoms with Crippen molar-refractivity contribution in [3.8, 4) is 11.6 Å². The largest absolute Gasteiger partial charge is 0.439 e. The highest BCUT2D eigenvalue weighted by atomic mass is 35.5. The summed E-state index contributed by atoms with van der Waals surface area (Å²) in [6.07, 6.45) is 4.63. The van der Waals surface area contributed by atoms with E-state index in [9.17, 15) is 4.39 Å². The number of rotatable bonds is 5. The zero-order chi connectivity index (χ0) is 16.1. The van der Waals surface area contributed by atoms with Gasteiger partial charge in [-0.15, -0.1) is 0 Å². The zero-order valence-electron chi connectivity index (χ0n) is 11.9. The van der Waals surface area contributed by atoms with Gasteiger partial charge in [0.2, 0.25) is 5.88 Å². The molecule has 5 nitrogen and oxygen atoms in total. The third-order valence-electron chi connectivity index (χ3n) is 2.96. The summed E-state index contributed by atoms with van der Waals surface area (Å²) in [5.41, 5.74) is 0.936. The van der Waals surface area contributed by atoms with Crippen LogP contribution in [-0.2, 0) is 6.54 Å². The van der Waals surface area contributed by atoms with E-state index >= 15 is 0 Å². The molecule has 0 amide bonds. The Bertz CT molecular complexity index is 781. The lowest BCUT2D eigenvalue weighted by atomic mass is 10.3. The SMILES string of the molecule is Fc1ccc(Oc2ccc(CNc3ncncc3Cl)cn2)cc1. The van der Waals surface area contributed by atoms with E-state index in [4.69, 9.17) is 16.3 Å². The van der Waals surface area contributed by atoms with Gasteiger partial charge in [0.25, 0.3) is 0 Å². The summed E-state index contributed by atoms with van der Waals surface area (Å²) in [4.78, 5) is 12.1. The molecule has 1 aromatic carbocycles. The molecule has 116 valence electrons. The number of nitrogens with one attached hydrogen (secondary N) is 1. The van der Waals surface area contributed by atoms with Gasteiger partial charge in [0, 0.05) is 18.8 Å². The van der Waals surface area contributed by atoms with Crippen LogP contribution in [0.1, 0.15) is 5.56 Å². The fraction of sp³-hybridized carbons (Fsp3) is 0.0625. The molecule has 0 spiro atoms. The van der Waals surface area contributed by atoms with Crippen LogP contribution in [0, 0.1) is 5.82 Å². The van der Waals surface area contributed by atoms with Crippen LogP contribution in [0.4, 0.5) is 10.2 Å². The second-order valence-electron chi connectivity index (χ2n) is 4.63. The summed E-state index contributed by atoms with van der Waals surface area (Å²) < 4.78 is 18.4. The van der Waals surface area contributed by atoms with Crippen LogP contribution in [0.5, 0.6) is 11.6 Å². The maximum atomic E-state index is 12.8. The summed E-state index contributed by atoms with van der Waals surface area (Å²) in [7, 11) is 0. The molecule has 0 bridgehead atoms. The minimum absolute atomic E-state index is 0.310. The van der Waals surface area contributed by atoms with E-state index in [1.54, 1.807) is 24.4 Å². The first-order valence-electron chi connectivity index (χ1n) is 6.78. The Hall–Kier alpha value is -2.73. The minimum atomic E-state index is -0.310. The maximum Gasteiger partial charge on any atom is 0.219 e. The highest BCUT2D eigenvalue weighted by molar-refractivity contribution is 6.32. The van der Waals surface area contributed by atoms with Crippen LogP contribution in [0.25, 0.3) is 0 Å². The Morgan fingerprint density at radius 2 is 1.87 bits per heavy atom. The molecule has 0 fully saturated rings. The first kappa shape index (κ1) is 15.2. The van der Waals surface area contributed by atoms with E-state index in [0.29, 0.717) is 29.0 Å². The van der Waals surface area contributed by atoms with Crippen molar-refractivity contribution in [1.29, 1.82) is 0 Å². The summed E-state index contributed by atoms with van der Waals surface area (Å²) in [5, 5.41) is 3.55. The van der Waals surface area contributed by atoms with Crippen LogP contribution >= 0.6 is 11.6 Å². The maximum absolute atomic E-state index is 12.8. The first-order valence-corrected chi connectivity index (χ1v) is 7.16. The quantitative estimate of drug-likeness (QED) is 0.764. The Balaban J connectivity index is 1.61. The molecule has 3 aromatic rings. The molecule has 0 aliphatic heterocycles. The normalized spacial score (nSPS) is 10.3. The van der Waals surface area contributed by atoms with E-state index in [1.807, 2.05) is 6.07 Å². The lowest BCUT2D eigenvalue weighted by Crippen LogP contribution is -2.02. The Morgan fingerprint density at radius 1 is 1.04 bits per heavy atom. The van der Waals surface area contributed by atoms with E-state index in [2.05, 4.69) is 20.3 Å². The van der Waals surface area contributed by atoms with E-state index in [0.717, 1.165) is 5.56 Å². The molecular weight excluding hydrogens is 319 g/mol. The number of nitrogens with zero attached hydrogens (tertiary/aromatic N) is 3. The van der Waals surface area contributed by atoms with Gasteiger partial charge in [-0.1, -0.05) is 17.7 Å². The molecule has 0 radical (unpaired) electrons. The molecule has 0 aliphatic carbocycles. The van der Waals surface area contributed by atoms with Gasteiger partial charge in [-0.3, -0.25) is 0 Å². The fourth-order valence-electron chi connectivity index (χ4n) is 1.83. The van der Waals surface area contributed by atoms with Crippen LogP contribution in [-0.4, -0.2) is 15.0 Å². The summed E-state index contributed by atoms with van der Waals surface area (Å²) in [6.45, 7) is 0.514. The standard InChI is InChI=1S/C16H12ClFN4O/c17-14-9-19-10-22-16(14)21-8-11-1-6-15(20-7-11)23-13-4-2-12(18)3-5-13/h1-7,9-10H,8H2,(H,19,21,22). The Kier molecular flexibility index (Phi) is 4.63. The number of anilines is 1. The second-order valence-corrected chi connectivity index (χ2v) is 5.04. The average Bonchev–Trinajstić information content (AvgIpc) is 2.58. The van der Waals surface area contributed by atoms with Crippen molar-refractivity contribution < 1.29 is 9.13 Å². The lowest BCUT2D eigenvalue weighted by Gasteiger charge is -2.08. The van der Waals surface area contributed by atoms with Crippen molar-refractivity contribution in [3.05, 3.63) is 71.5 Å². The molecular formula is C16H12ClFN4O. The molecule has 2 heterocycles. The zero-order valence-corrected chi connectivity index (χ0v) is 12.7. The van der Waals surface area contributed by atoms with Crippen LogP contribution in [0.3, 0.4) is 0 Å².